The van der Waals surface area contributed by atoms with Gasteiger partial charge in [0.15, 0.2) is 8.32 Å². The molecule has 3 atom stereocenters. The van der Waals surface area contributed by atoms with Crippen molar-refractivity contribution >= 4 is 14.3 Å². The second-order valence-electron chi connectivity index (χ2n) is 10.7. The van der Waals surface area contributed by atoms with Gasteiger partial charge in [0.25, 0.3) is 0 Å². The van der Waals surface area contributed by atoms with Gasteiger partial charge in [0, 0.05) is 13.3 Å². The van der Waals surface area contributed by atoms with Crippen molar-refractivity contribution < 1.29 is 18.7 Å². The van der Waals surface area contributed by atoms with Crippen LogP contribution in [-0.4, -0.2) is 32.8 Å². The first kappa shape index (κ1) is 27.6. The maximum Gasteiger partial charge on any atom is 0.304 e. The van der Waals surface area contributed by atoms with Crippen LogP contribution in [0.5, 0.6) is 0 Å². The van der Waals surface area contributed by atoms with Crippen molar-refractivity contribution in [1.82, 2.24) is 0 Å². The minimum absolute atomic E-state index is 0.0436. The van der Waals surface area contributed by atoms with E-state index in [-0.39, 0.29) is 23.2 Å². The highest BCUT2D eigenvalue weighted by molar-refractivity contribution is 6.74. The van der Waals surface area contributed by atoms with Crippen molar-refractivity contribution in [2.75, 3.05) is 0 Å². The quantitative estimate of drug-likeness (QED) is 0.148. The molecule has 1 aliphatic heterocycles. The minimum atomic E-state index is -1.87. The lowest BCUT2D eigenvalue weighted by Crippen LogP contribution is -2.47. The topological polar surface area (TPSA) is 44.8 Å². The summed E-state index contributed by atoms with van der Waals surface area (Å²) in [6.07, 6.45) is 15.9. The van der Waals surface area contributed by atoms with Crippen LogP contribution in [0.3, 0.4) is 0 Å². The van der Waals surface area contributed by atoms with Crippen LogP contribution in [0.4, 0.5) is 0 Å². The Morgan fingerprint density at radius 2 is 1.50 bits per heavy atom. The minimum Gasteiger partial charge on any atom is -0.436 e. The highest BCUT2D eigenvalue weighted by atomic mass is 28.4. The molecule has 0 aromatic rings. The number of esters is 1. The first-order chi connectivity index (χ1) is 14.1. The Hall–Kier alpha value is -0.393. The lowest BCUT2D eigenvalue weighted by Gasteiger charge is -2.40. The van der Waals surface area contributed by atoms with E-state index >= 15 is 0 Å². The summed E-state index contributed by atoms with van der Waals surface area (Å²) in [5, 5.41) is 0.177. The molecule has 0 aliphatic carbocycles. The average molecular weight is 443 g/mol. The van der Waals surface area contributed by atoms with Gasteiger partial charge in [-0.3, -0.25) is 4.79 Å². The fourth-order valence-corrected chi connectivity index (χ4v) is 5.27. The molecule has 1 aliphatic rings. The van der Waals surface area contributed by atoms with Crippen molar-refractivity contribution in [2.45, 2.75) is 155 Å². The molecule has 4 nitrogen and oxygen atoms in total. The van der Waals surface area contributed by atoms with Gasteiger partial charge in [0.05, 0.1) is 12.2 Å². The standard InChI is InChI=1S/C25H50O4Si/c1-8-9-10-11-12-13-14-15-16-17-18-23(29-30(6,7)25(3,4)5)22-19-20-24(28-22)27-21(2)26/h22-24H,8-20H2,1-7H3/t22-,23-,24?/m1/s1. The second kappa shape index (κ2) is 13.9. The van der Waals surface area contributed by atoms with E-state index < -0.39 is 14.6 Å². The van der Waals surface area contributed by atoms with Crippen molar-refractivity contribution in [3.05, 3.63) is 0 Å². The second-order valence-corrected chi connectivity index (χ2v) is 15.4. The summed E-state index contributed by atoms with van der Waals surface area (Å²) < 4.78 is 18.2. The van der Waals surface area contributed by atoms with Crippen LogP contribution in [0.15, 0.2) is 0 Å². The van der Waals surface area contributed by atoms with Crippen molar-refractivity contribution in [1.29, 1.82) is 0 Å². The maximum absolute atomic E-state index is 11.3. The summed E-state index contributed by atoms with van der Waals surface area (Å²) in [4.78, 5) is 11.3. The number of unbranched alkanes of at least 4 members (excludes halogenated alkanes) is 9. The Morgan fingerprint density at radius 3 is 2.00 bits per heavy atom. The highest BCUT2D eigenvalue weighted by Crippen LogP contribution is 2.39. The van der Waals surface area contributed by atoms with Crippen LogP contribution in [0.2, 0.25) is 18.1 Å². The van der Waals surface area contributed by atoms with Crippen LogP contribution in [0.1, 0.15) is 118 Å². The predicted molar refractivity (Wildman–Crippen MR) is 128 cm³/mol. The van der Waals surface area contributed by atoms with E-state index in [2.05, 4.69) is 40.8 Å². The van der Waals surface area contributed by atoms with Crippen molar-refractivity contribution in [2.24, 2.45) is 0 Å². The van der Waals surface area contributed by atoms with Crippen molar-refractivity contribution in [3.63, 3.8) is 0 Å². The highest BCUT2D eigenvalue weighted by Gasteiger charge is 2.42. The van der Waals surface area contributed by atoms with Gasteiger partial charge in [0.1, 0.15) is 0 Å². The van der Waals surface area contributed by atoms with Gasteiger partial charge < -0.3 is 13.9 Å². The van der Waals surface area contributed by atoms with E-state index in [1.54, 1.807) is 0 Å². The van der Waals surface area contributed by atoms with Crippen LogP contribution in [-0.2, 0) is 18.7 Å². The largest absolute Gasteiger partial charge is 0.436 e. The Balaban J connectivity index is 2.44. The molecule has 5 heteroatoms. The van der Waals surface area contributed by atoms with Gasteiger partial charge in [-0.1, -0.05) is 91.9 Å². The van der Waals surface area contributed by atoms with E-state index in [1.165, 1.54) is 71.1 Å². The lowest BCUT2D eigenvalue weighted by atomic mass is 10.0. The number of carbonyl (C=O) groups excluding carboxylic acids is 1. The van der Waals surface area contributed by atoms with Crippen LogP contribution < -0.4 is 0 Å². The van der Waals surface area contributed by atoms with Gasteiger partial charge in [-0.05, 0) is 31.0 Å². The van der Waals surface area contributed by atoms with E-state index in [9.17, 15) is 4.79 Å². The summed E-state index contributed by atoms with van der Waals surface area (Å²) in [6, 6.07) is 0. The zero-order valence-corrected chi connectivity index (χ0v) is 22.1. The SMILES string of the molecule is CCCCCCCCCCCC[C@@H](O[Si](C)(C)C(C)(C)C)[C@H]1CCC(OC(C)=O)O1. The third kappa shape index (κ3) is 10.8. The molecule has 0 spiro atoms. The molecule has 0 aromatic heterocycles. The first-order valence-corrected chi connectivity index (χ1v) is 15.5. The molecule has 1 heterocycles. The maximum atomic E-state index is 11.3. The van der Waals surface area contributed by atoms with Crippen LogP contribution in [0, 0.1) is 0 Å². The van der Waals surface area contributed by atoms with Crippen molar-refractivity contribution in [3.8, 4) is 0 Å². The Morgan fingerprint density at radius 1 is 0.967 bits per heavy atom. The smallest absolute Gasteiger partial charge is 0.304 e. The molecule has 178 valence electrons. The van der Waals surface area contributed by atoms with Gasteiger partial charge in [-0.25, -0.2) is 0 Å². The van der Waals surface area contributed by atoms with Gasteiger partial charge in [-0.15, -0.1) is 0 Å². The zero-order valence-electron chi connectivity index (χ0n) is 21.1. The van der Waals surface area contributed by atoms with E-state index in [0.717, 1.165) is 19.3 Å². The molecule has 0 bridgehead atoms. The molecule has 1 saturated heterocycles. The van der Waals surface area contributed by atoms with Gasteiger partial charge in [-0.2, -0.15) is 0 Å². The summed E-state index contributed by atoms with van der Waals surface area (Å²) in [6.45, 7) is 15.2. The number of rotatable bonds is 15. The summed E-state index contributed by atoms with van der Waals surface area (Å²) in [5.41, 5.74) is 0. The molecular weight excluding hydrogens is 392 g/mol. The monoisotopic (exact) mass is 442 g/mol. The van der Waals surface area contributed by atoms with Gasteiger partial charge >= 0.3 is 5.97 Å². The van der Waals surface area contributed by atoms with E-state index in [0.29, 0.717) is 0 Å². The molecule has 1 fully saturated rings. The van der Waals surface area contributed by atoms with E-state index in [4.69, 9.17) is 13.9 Å². The molecule has 30 heavy (non-hydrogen) atoms. The fourth-order valence-electron chi connectivity index (χ4n) is 3.89. The Kier molecular flexibility index (Phi) is 12.8. The lowest BCUT2D eigenvalue weighted by molar-refractivity contribution is -0.178. The summed E-state index contributed by atoms with van der Waals surface area (Å²) >= 11 is 0. The zero-order chi connectivity index (χ0) is 22.6. The number of ether oxygens (including phenoxy) is 2. The molecular formula is C25H50O4Si. The van der Waals surface area contributed by atoms with E-state index in [1.807, 2.05) is 0 Å². The third-order valence-corrected chi connectivity index (χ3v) is 11.3. The van der Waals surface area contributed by atoms with Gasteiger partial charge in [0.2, 0.25) is 6.29 Å². The number of hydrogen-bond donors (Lipinski definition) is 0. The third-order valence-electron chi connectivity index (χ3n) is 6.82. The average Bonchev–Trinajstić information content (AvgIpc) is 3.09. The molecule has 0 saturated carbocycles. The summed E-state index contributed by atoms with van der Waals surface area (Å²) in [7, 11) is -1.87. The molecule has 0 radical (unpaired) electrons. The first-order valence-electron chi connectivity index (χ1n) is 12.6. The molecule has 0 amide bonds. The van der Waals surface area contributed by atoms with Crippen LogP contribution >= 0.6 is 0 Å². The Labute approximate surface area is 187 Å². The molecule has 0 N–H and O–H groups in total. The summed E-state index contributed by atoms with van der Waals surface area (Å²) in [5.74, 6) is -0.266. The molecule has 1 rings (SSSR count). The predicted octanol–water partition coefficient (Wildman–Crippen LogP) is 7.76. The fraction of sp³-hybridized carbons (Fsp3) is 0.960. The Bertz CT molecular complexity index is 472. The number of carbonyl (C=O) groups is 1. The number of hydrogen-bond acceptors (Lipinski definition) is 4. The molecule has 0 aromatic carbocycles. The van der Waals surface area contributed by atoms with Crippen LogP contribution in [0.25, 0.3) is 0 Å². The normalized spacial score (nSPS) is 21.0. The molecule has 1 unspecified atom stereocenters.